The Kier molecular flexibility index (Phi) is 5.50. The van der Waals surface area contributed by atoms with E-state index in [1.807, 2.05) is 26.8 Å². The molecule has 3 nitrogen and oxygen atoms in total. The number of halogens is 1. The number of amides is 1. The fourth-order valence-corrected chi connectivity index (χ4v) is 1.87. The summed E-state index contributed by atoms with van der Waals surface area (Å²) in [6, 6.07) is 8.12. The van der Waals surface area contributed by atoms with Crippen LogP contribution in [0.3, 0.4) is 0 Å². The van der Waals surface area contributed by atoms with Crippen molar-refractivity contribution in [1.82, 2.24) is 5.32 Å². The lowest BCUT2D eigenvalue weighted by molar-refractivity contribution is -0.125. The lowest BCUT2D eigenvalue weighted by Gasteiger charge is -2.18. The van der Waals surface area contributed by atoms with Crippen molar-refractivity contribution < 1.29 is 9.18 Å². The average molecular weight is 262 g/mol. The van der Waals surface area contributed by atoms with E-state index in [4.69, 9.17) is 5.26 Å². The standard InChI is InChI=1S/C15H19FN2O/c1-10(2)14(9-17)15(19)18-11(3)8-12-4-6-13(16)7-5-12/h4-7,10-11,14H,8H2,1-3H3,(H,18,19). The first-order valence-electron chi connectivity index (χ1n) is 6.38. The van der Waals surface area contributed by atoms with Gasteiger partial charge in [-0.3, -0.25) is 4.79 Å². The molecule has 0 saturated heterocycles. The summed E-state index contributed by atoms with van der Waals surface area (Å²) in [6.07, 6.45) is 0.613. The molecule has 1 aromatic rings. The average Bonchev–Trinajstić information content (AvgIpc) is 2.32. The maximum atomic E-state index is 12.8. The second kappa shape index (κ2) is 6.89. The van der Waals surface area contributed by atoms with Crippen LogP contribution in [0.15, 0.2) is 24.3 Å². The Morgan fingerprint density at radius 2 is 1.89 bits per heavy atom. The van der Waals surface area contributed by atoms with Crippen LogP contribution in [-0.2, 0) is 11.2 Å². The van der Waals surface area contributed by atoms with Crippen molar-refractivity contribution in [3.8, 4) is 6.07 Å². The third-order valence-corrected chi connectivity index (χ3v) is 2.93. The summed E-state index contributed by atoms with van der Waals surface area (Å²) in [6.45, 7) is 5.56. The number of nitriles is 1. The van der Waals surface area contributed by atoms with Gasteiger partial charge in [0.25, 0.3) is 0 Å². The van der Waals surface area contributed by atoms with E-state index < -0.39 is 5.92 Å². The van der Waals surface area contributed by atoms with Crippen LogP contribution in [0.25, 0.3) is 0 Å². The van der Waals surface area contributed by atoms with Crippen molar-refractivity contribution >= 4 is 5.91 Å². The van der Waals surface area contributed by atoms with Crippen LogP contribution in [0.1, 0.15) is 26.3 Å². The highest BCUT2D eigenvalue weighted by molar-refractivity contribution is 5.81. The molecule has 0 aromatic heterocycles. The Morgan fingerprint density at radius 1 is 1.32 bits per heavy atom. The first-order valence-corrected chi connectivity index (χ1v) is 6.38. The van der Waals surface area contributed by atoms with Gasteiger partial charge in [-0.15, -0.1) is 0 Å². The van der Waals surface area contributed by atoms with E-state index in [0.717, 1.165) is 5.56 Å². The summed E-state index contributed by atoms with van der Waals surface area (Å²) < 4.78 is 12.8. The zero-order chi connectivity index (χ0) is 14.4. The van der Waals surface area contributed by atoms with Crippen LogP contribution in [-0.4, -0.2) is 11.9 Å². The predicted octanol–water partition coefficient (Wildman–Crippen LogP) is 2.67. The van der Waals surface area contributed by atoms with Gasteiger partial charge >= 0.3 is 0 Å². The molecule has 4 heteroatoms. The largest absolute Gasteiger partial charge is 0.352 e. The Morgan fingerprint density at radius 3 is 2.37 bits per heavy atom. The second-order valence-electron chi connectivity index (χ2n) is 5.09. The number of nitrogens with zero attached hydrogens (tertiary/aromatic N) is 1. The second-order valence-corrected chi connectivity index (χ2v) is 5.09. The highest BCUT2D eigenvalue weighted by Gasteiger charge is 2.22. The topological polar surface area (TPSA) is 52.9 Å². The molecule has 1 amide bonds. The molecule has 0 heterocycles. The van der Waals surface area contributed by atoms with Gasteiger partial charge in [-0.2, -0.15) is 5.26 Å². The third kappa shape index (κ3) is 4.70. The molecule has 19 heavy (non-hydrogen) atoms. The number of hydrogen-bond donors (Lipinski definition) is 1. The van der Waals surface area contributed by atoms with Crippen molar-refractivity contribution in [2.45, 2.75) is 33.2 Å². The van der Waals surface area contributed by atoms with Crippen molar-refractivity contribution in [3.63, 3.8) is 0 Å². The number of carbonyl (C=O) groups is 1. The van der Waals surface area contributed by atoms with E-state index in [2.05, 4.69) is 5.32 Å². The Bertz CT molecular complexity index is 462. The molecule has 2 atom stereocenters. The van der Waals surface area contributed by atoms with Crippen LogP contribution in [0, 0.1) is 29.0 Å². The zero-order valence-corrected chi connectivity index (χ0v) is 11.5. The van der Waals surface area contributed by atoms with Gasteiger partial charge in [-0.05, 0) is 37.0 Å². The third-order valence-electron chi connectivity index (χ3n) is 2.93. The maximum Gasteiger partial charge on any atom is 0.237 e. The quantitative estimate of drug-likeness (QED) is 0.887. The maximum absolute atomic E-state index is 12.8. The fourth-order valence-electron chi connectivity index (χ4n) is 1.87. The van der Waals surface area contributed by atoms with Gasteiger partial charge in [0.15, 0.2) is 0 Å². The minimum absolute atomic E-state index is 0.0111. The number of nitrogens with one attached hydrogen (secondary N) is 1. The predicted molar refractivity (Wildman–Crippen MR) is 71.6 cm³/mol. The van der Waals surface area contributed by atoms with Crippen molar-refractivity contribution in [2.24, 2.45) is 11.8 Å². The zero-order valence-electron chi connectivity index (χ0n) is 11.5. The van der Waals surface area contributed by atoms with Crippen LogP contribution < -0.4 is 5.32 Å². The van der Waals surface area contributed by atoms with E-state index >= 15 is 0 Å². The molecule has 1 N–H and O–H groups in total. The van der Waals surface area contributed by atoms with E-state index in [1.165, 1.54) is 12.1 Å². The molecule has 0 radical (unpaired) electrons. The van der Waals surface area contributed by atoms with E-state index in [9.17, 15) is 9.18 Å². The molecule has 0 bridgehead atoms. The summed E-state index contributed by atoms with van der Waals surface area (Å²) in [5.41, 5.74) is 0.951. The molecular formula is C15H19FN2O. The molecule has 102 valence electrons. The van der Waals surface area contributed by atoms with Crippen LogP contribution in [0.2, 0.25) is 0 Å². The molecular weight excluding hydrogens is 243 g/mol. The molecule has 0 fully saturated rings. The van der Waals surface area contributed by atoms with Gasteiger partial charge in [0.05, 0.1) is 6.07 Å². The van der Waals surface area contributed by atoms with Crippen LogP contribution in [0.5, 0.6) is 0 Å². The first-order chi connectivity index (χ1) is 8.93. The number of rotatable bonds is 5. The van der Waals surface area contributed by atoms with Crippen molar-refractivity contribution in [3.05, 3.63) is 35.6 Å². The molecule has 1 rings (SSSR count). The molecule has 2 unspecified atom stereocenters. The fraction of sp³-hybridized carbons (Fsp3) is 0.467. The molecule has 0 aliphatic heterocycles. The molecule has 0 saturated carbocycles. The molecule has 0 spiro atoms. The molecule has 1 aromatic carbocycles. The van der Waals surface area contributed by atoms with Gasteiger partial charge in [0.1, 0.15) is 11.7 Å². The highest BCUT2D eigenvalue weighted by Crippen LogP contribution is 2.11. The monoisotopic (exact) mass is 262 g/mol. The summed E-state index contributed by atoms with van der Waals surface area (Å²) >= 11 is 0. The van der Waals surface area contributed by atoms with Gasteiger partial charge in [0.2, 0.25) is 5.91 Å². The summed E-state index contributed by atoms with van der Waals surface area (Å²) in [5.74, 6) is -1.16. The number of benzene rings is 1. The normalized spacial score (nSPS) is 13.7. The number of carbonyl (C=O) groups excluding carboxylic acids is 1. The number of hydrogen-bond acceptors (Lipinski definition) is 2. The summed E-state index contributed by atoms with van der Waals surface area (Å²) in [7, 11) is 0. The van der Waals surface area contributed by atoms with Gasteiger partial charge < -0.3 is 5.32 Å². The first kappa shape index (κ1) is 15.2. The van der Waals surface area contributed by atoms with Gasteiger partial charge in [0, 0.05) is 6.04 Å². The van der Waals surface area contributed by atoms with Gasteiger partial charge in [-0.1, -0.05) is 26.0 Å². The Balaban J connectivity index is 2.56. The van der Waals surface area contributed by atoms with Gasteiger partial charge in [-0.25, -0.2) is 4.39 Å². The van der Waals surface area contributed by atoms with Crippen molar-refractivity contribution in [2.75, 3.05) is 0 Å². The van der Waals surface area contributed by atoms with E-state index in [0.29, 0.717) is 6.42 Å². The smallest absolute Gasteiger partial charge is 0.237 e. The lowest BCUT2D eigenvalue weighted by atomic mass is 9.96. The summed E-state index contributed by atoms with van der Waals surface area (Å²) in [5, 5.41) is 11.8. The summed E-state index contributed by atoms with van der Waals surface area (Å²) in [4.78, 5) is 11.9. The van der Waals surface area contributed by atoms with Crippen LogP contribution in [0.4, 0.5) is 4.39 Å². The highest BCUT2D eigenvalue weighted by atomic mass is 19.1. The van der Waals surface area contributed by atoms with E-state index in [1.54, 1.807) is 12.1 Å². The minimum Gasteiger partial charge on any atom is -0.352 e. The van der Waals surface area contributed by atoms with Crippen LogP contribution >= 0.6 is 0 Å². The Labute approximate surface area is 113 Å². The van der Waals surface area contributed by atoms with Crippen molar-refractivity contribution in [1.29, 1.82) is 5.26 Å². The Hall–Kier alpha value is -1.89. The molecule has 0 aliphatic rings. The SMILES string of the molecule is CC(Cc1ccc(F)cc1)NC(=O)C(C#N)C(C)C. The van der Waals surface area contributed by atoms with E-state index in [-0.39, 0.29) is 23.7 Å². The molecule has 0 aliphatic carbocycles. The minimum atomic E-state index is -0.629. The lowest BCUT2D eigenvalue weighted by Crippen LogP contribution is -2.39.